The molecule has 0 saturated carbocycles. The summed E-state index contributed by atoms with van der Waals surface area (Å²) in [7, 11) is 3.87. The van der Waals surface area contributed by atoms with E-state index in [-0.39, 0.29) is 24.0 Å². The summed E-state index contributed by atoms with van der Waals surface area (Å²) in [5.74, 6) is -0.373. The van der Waals surface area contributed by atoms with Gasteiger partial charge in [-0.25, -0.2) is 0 Å². The van der Waals surface area contributed by atoms with Crippen LogP contribution in [0.2, 0.25) is 0 Å². The Labute approximate surface area is 205 Å². The van der Waals surface area contributed by atoms with Crippen molar-refractivity contribution in [2.75, 3.05) is 19.0 Å². The molecule has 7 heteroatoms. The summed E-state index contributed by atoms with van der Waals surface area (Å²) in [4.78, 5) is 29.8. The number of nitrogens with zero attached hydrogens (tertiary/aromatic N) is 2. The third kappa shape index (κ3) is 4.80. The first kappa shape index (κ1) is 24.1. The molecule has 0 spiro atoms. The zero-order valence-electron chi connectivity index (χ0n) is 20.6. The van der Waals surface area contributed by atoms with E-state index in [1.165, 1.54) is 11.2 Å². The number of rotatable bonds is 7. The van der Waals surface area contributed by atoms with Gasteiger partial charge >= 0.3 is 0 Å². The Morgan fingerprint density at radius 1 is 1.11 bits per heavy atom. The molecule has 182 valence electrons. The number of anilines is 1. The molecule has 1 atom stereocenters. The van der Waals surface area contributed by atoms with Crippen molar-refractivity contribution in [3.05, 3.63) is 88.9 Å². The van der Waals surface area contributed by atoms with Crippen molar-refractivity contribution in [3.63, 3.8) is 0 Å². The third-order valence-electron chi connectivity index (χ3n) is 5.98. The lowest BCUT2D eigenvalue weighted by Gasteiger charge is -2.25. The number of hydrogen-bond donors (Lipinski definition) is 1. The smallest absolute Gasteiger partial charge is 0.296 e. The normalized spacial score (nSPS) is 17.3. The van der Waals surface area contributed by atoms with Crippen LogP contribution in [0.1, 0.15) is 42.3 Å². The second-order valence-corrected chi connectivity index (χ2v) is 9.14. The zero-order chi connectivity index (χ0) is 25.3. The Balaban J connectivity index is 1.82. The van der Waals surface area contributed by atoms with E-state index < -0.39 is 17.7 Å². The van der Waals surface area contributed by atoms with Crippen LogP contribution < -0.4 is 9.64 Å². The van der Waals surface area contributed by atoms with E-state index in [1.807, 2.05) is 64.0 Å². The number of benzene rings is 2. The van der Waals surface area contributed by atoms with E-state index in [9.17, 15) is 14.7 Å². The highest BCUT2D eigenvalue weighted by Gasteiger charge is 2.46. The summed E-state index contributed by atoms with van der Waals surface area (Å²) in [5, 5.41) is 11.3. The topological polar surface area (TPSA) is 83.2 Å². The van der Waals surface area contributed by atoms with Crippen molar-refractivity contribution in [1.29, 1.82) is 0 Å². The highest BCUT2D eigenvalue weighted by Crippen LogP contribution is 2.41. The number of aliphatic hydroxyl groups is 1. The minimum absolute atomic E-state index is 0.00482. The number of ketones is 1. The monoisotopic (exact) mass is 474 g/mol. The van der Waals surface area contributed by atoms with Crippen molar-refractivity contribution >= 4 is 23.1 Å². The van der Waals surface area contributed by atoms with Gasteiger partial charge in [-0.1, -0.05) is 12.1 Å². The molecular formula is C28H30N2O5. The van der Waals surface area contributed by atoms with E-state index in [0.29, 0.717) is 17.1 Å². The second kappa shape index (κ2) is 9.70. The number of aliphatic hydroxyl groups excluding tert-OH is 1. The van der Waals surface area contributed by atoms with E-state index in [4.69, 9.17) is 9.15 Å². The number of amides is 1. The molecule has 1 aromatic heterocycles. The predicted molar refractivity (Wildman–Crippen MR) is 134 cm³/mol. The van der Waals surface area contributed by atoms with Gasteiger partial charge in [0.2, 0.25) is 0 Å². The molecule has 1 unspecified atom stereocenters. The van der Waals surface area contributed by atoms with E-state index >= 15 is 0 Å². The summed E-state index contributed by atoms with van der Waals surface area (Å²) in [5.41, 5.74) is 3.02. The van der Waals surface area contributed by atoms with Crippen LogP contribution in [-0.2, 0) is 16.1 Å². The summed E-state index contributed by atoms with van der Waals surface area (Å²) in [6.45, 7) is 5.86. The maximum absolute atomic E-state index is 13.2. The van der Waals surface area contributed by atoms with Crippen LogP contribution in [0.15, 0.2) is 70.9 Å². The van der Waals surface area contributed by atoms with Gasteiger partial charge in [-0.3, -0.25) is 9.59 Å². The molecule has 0 radical (unpaired) electrons. The molecule has 2 aromatic carbocycles. The lowest BCUT2D eigenvalue weighted by molar-refractivity contribution is -0.140. The van der Waals surface area contributed by atoms with Crippen molar-refractivity contribution < 1.29 is 23.8 Å². The Bertz CT molecular complexity index is 1260. The predicted octanol–water partition coefficient (Wildman–Crippen LogP) is 5.06. The van der Waals surface area contributed by atoms with Gasteiger partial charge in [0.1, 0.15) is 17.3 Å². The minimum atomic E-state index is -0.761. The van der Waals surface area contributed by atoms with Gasteiger partial charge in [0.05, 0.1) is 30.5 Å². The number of hydrogen-bond acceptors (Lipinski definition) is 6. The minimum Gasteiger partial charge on any atom is -0.507 e. The summed E-state index contributed by atoms with van der Waals surface area (Å²) >= 11 is 0. The molecule has 0 aliphatic carbocycles. The van der Waals surface area contributed by atoms with Crippen molar-refractivity contribution in [2.24, 2.45) is 0 Å². The number of likely N-dealkylation sites (tertiary alicyclic amines) is 1. The Morgan fingerprint density at radius 3 is 2.40 bits per heavy atom. The zero-order valence-corrected chi connectivity index (χ0v) is 20.6. The van der Waals surface area contributed by atoms with Gasteiger partial charge in [-0.2, -0.15) is 0 Å². The molecular weight excluding hydrogens is 444 g/mol. The quantitative estimate of drug-likeness (QED) is 0.293. The Kier molecular flexibility index (Phi) is 6.69. The van der Waals surface area contributed by atoms with Gasteiger partial charge in [-0.05, 0) is 74.4 Å². The largest absolute Gasteiger partial charge is 0.507 e. The molecule has 1 N–H and O–H groups in total. The second-order valence-electron chi connectivity index (χ2n) is 9.14. The lowest BCUT2D eigenvalue weighted by Crippen LogP contribution is -2.29. The fraction of sp³-hybridized carbons (Fsp3) is 0.286. The average Bonchev–Trinajstić information content (AvgIpc) is 3.42. The number of furan rings is 1. The number of carbonyl (C=O) groups is 2. The van der Waals surface area contributed by atoms with Crippen LogP contribution in [0.25, 0.3) is 5.76 Å². The Morgan fingerprint density at radius 2 is 1.83 bits per heavy atom. The van der Waals surface area contributed by atoms with Gasteiger partial charge in [0.15, 0.2) is 0 Å². The number of aryl methyl sites for hydroxylation is 1. The van der Waals surface area contributed by atoms with E-state index in [2.05, 4.69) is 0 Å². The first-order valence-electron chi connectivity index (χ1n) is 11.5. The van der Waals surface area contributed by atoms with E-state index in [1.54, 1.807) is 30.3 Å². The molecule has 35 heavy (non-hydrogen) atoms. The molecule has 4 rings (SSSR count). The summed E-state index contributed by atoms with van der Waals surface area (Å²) in [6.07, 6.45) is 1.53. The fourth-order valence-corrected chi connectivity index (χ4v) is 4.25. The molecule has 1 amide bonds. The van der Waals surface area contributed by atoms with Crippen LogP contribution in [-0.4, -0.2) is 41.9 Å². The third-order valence-corrected chi connectivity index (χ3v) is 5.98. The number of ether oxygens (including phenoxy) is 1. The van der Waals surface area contributed by atoms with Crippen LogP contribution in [0.5, 0.6) is 5.75 Å². The number of Topliss-reactive ketones (excluding diaryl/α,β-unsaturated/α-hetero) is 1. The molecule has 1 fully saturated rings. The maximum Gasteiger partial charge on any atom is 0.296 e. The number of carbonyl (C=O) groups excluding carboxylic acids is 2. The molecule has 0 bridgehead atoms. The van der Waals surface area contributed by atoms with Crippen LogP contribution in [0.4, 0.5) is 5.69 Å². The molecule has 1 aliphatic rings. The van der Waals surface area contributed by atoms with Crippen molar-refractivity contribution in [1.82, 2.24) is 4.90 Å². The first-order valence-corrected chi connectivity index (χ1v) is 11.5. The first-order chi connectivity index (χ1) is 16.7. The fourth-order valence-electron chi connectivity index (χ4n) is 4.25. The van der Waals surface area contributed by atoms with Gasteiger partial charge in [0.25, 0.3) is 11.7 Å². The SMILES string of the molecule is Cc1cc(/C(O)=C2/C(=O)C(=O)N(Cc3ccco3)C2c2ccc(N(C)C)cc2)ccc1OC(C)C. The maximum atomic E-state index is 13.2. The molecule has 1 aliphatic heterocycles. The highest BCUT2D eigenvalue weighted by atomic mass is 16.5. The van der Waals surface area contributed by atoms with Crippen LogP contribution in [0, 0.1) is 6.92 Å². The molecule has 7 nitrogen and oxygen atoms in total. The summed E-state index contributed by atoms with van der Waals surface area (Å²) < 4.78 is 11.2. The van der Waals surface area contributed by atoms with Gasteiger partial charge < -0.3 is 24.1 Å². The van der Waals surface area contributed by atoms with Gasteiger partial charge in [0, 0.05) is 25.3 Å². The molecule has 3 aromatic rings. The van der Waals surface area contributed by atoms with Crippen LogP contribution >= 0.6 is 0 Å². The highest BCUT2D eigenvalue weighted by molar-refractivity contribution is 6.46. The van der Waals surface area contributed by atoms with Gasteiger partial charge in [-0.15, -0.1) is 0 Å². The van der Waals surface area contributed by atoms with Crippen LogP contribution in [0.3, 0.4) is 0 Å². The van der Waals surface area contributed by atoms with Crippen molar-refractivity contribution in [3.8, 4) is 5.75 Å². The molecule has 2 heterocycles. The Hall–Kier alpha value is -4.00. The lowest BCUT2D eigenvalue weighted by atomic mass is 9.94. The molecule has 1 saturated heterocycles. The van der Waals surface area contributed by atoms with E-state index in [0.717, 1.165) is 16.8 Å². The standard InChI is InChI=1S/C28H30N2O5/c1-17(2)35-23-13-10-20(15-18(23)3)26(31)24-25(19-8-11-21(12-9-19)29(4)5)30(28(33)27(24)32)16-22-7-6-14-34-22/h6-15,17,25,31H,16H2,1-5H3/b26-24-. The average molecular weight is 475 g/mol. The van der Waals surface area contributed by atoms with Crippen molar-refractivity contribution in [2.45, 2.75) is 39.5 Å². The summed E-state index contributed by atoms with van der Waals surface area (Å²) in [6, 6.07) is 15.5.